The molecule has 9 heteroatoms. The van der Waals surface area contributed by atoms with Gasteiger partial charge in [0.25, 0.3) is 0 Å². The van der Waals surface area contributed by atoms with Crippen molar-refractivity contribution in [2.45, 2.75) is 31.6 Å². The molecule has 0 radical (unpaired) electrons. The Balaban J connectivity index is 1.61. The van der Waals surface area contributed by atoms with E-state index in [1.165, 1.54) is 7.11 Å². The van der Waals surface area contributed by atoms with Gasteiger partial charge in [-0.25, -0.2) is 4.79 Å². The van der Waals surface area contributed by atoms with Crippen molar-refractivity contribution < 1.29 is 27.5 Å². The van der Waals surface area contributed by atoms with Crippen molar-refractivity contribution in [2.75, 3.05) is 44.7 Å². The van der Waals surface area contributed by atoms with Crippen molar-refractivity contribution in [3.8, 4) is 0 Å². The highest BCUT2D eigenvalue weighted by Gasteiger charge is 2.43. The number of halogens is 3. The second-order valence-electron chi connectivity index (χ2n) is 7.25. The summed E-state index contributed by atoms with van der Waals surface area (Å²) in [6.07, 6.45) is -3.95. The molecule has 0 aromatic heterocycles. The van der Waals surface area contributed by atoms with E-state index in [9.17, 15) is 22.8 Å². The molecular formula is C19H24F3N3O3. The van der Waals surface area contributed by atoms with Gasteiger partial charge in [0, 0.05) is 37.9 Å². The Morgan fingerprint density at radius 2 is 1.86 bits per heavy atom. The first kappa shape index (κ1) is 20.4. The fourth-order valence-corrected chi connectivity index (χ4v) is 4.00. The van der Waals surface area contributed by atoms with Gasteiger partial charge in [-0.05, 0) is 37.6 Å². The average Bonchev–Trinajstić information content (AvgIpc) is 3.00. The van der Waals surface area contributed by atoms with Gasteiger partial charge in [0.05, 0.1) is 18.7 Å². The quantitative estimate of drug-likeness (QED) is 0.727. The van der Waals surface area contributed by atoms with Crippen molar-refractivity contribution in [3.05, 3.63) is 29.8 Å². The molecule has 0 aliphatic carbocycles. The number of methoxy groups -OCH3 is 1. The van der Waals surface area contributed by atoms with E-state index in [1.807, 2.05) is 24.0 Å². The molecule has 1 amide bonds. The zero-order valence-electron chi connectivity index (χ0n) is 15.9. The summed E-state index contributed by atoms with van der Waals surface area (Å²) < 4.78 is 42.6. The monoisotopic (exact) mass is 399 g/mol. The number of benzene rings is 1. The van der Waals surface area contributed by atoms with Crippen LogP contribution in [0, 0.1) is 0 Å². The highest BCUT2D eigenvalue weighted by Crippen LogP contribution is 2.27. The van der Waals surface area contributed by atoms with Gasteiger partial charge in [0.1, 0.15) is 6.54 Å². The maximum Gasteiger partial charge on any atom is 0.406 e. The molecule has 3 rings (SSSR count). The zero-order valence-corrected chi connectivity index (χ0v) is 15.9. The van der Waals surface area contributed by atoms with E-state index in [2.05, 4.69) is 4.90 Å². The molecule has 1 aromatic rings. The summed E-state index contributed by atoms with van der Waals surface area (Å²) in [4.78, 5) is 29.0. The Labute approximate surface area is 161 Å². The SMILES string of the molecule is COC(=O)c1ccc(N2CCN(C3CCN(CC(F)(F)F)C3=O)C(C)C2)cc1. The Bertz CT molecular complexity index is 723. The summed E-state index contributed by atoms with van der Waals surface area (Å²) >= 11 is 0. The number of piperazine rings is 1. The molecule has 2 fully saturated rings. The van der Waals surface area contributed by atoms with E-state index in [-0.39, 0.29) is 12.6 Å². The van der Waals surface area contributed by atoms with E-state index in [0.717, 1.165) is 10.6 Å². The van der Waals surface area contributed by atoms with Crippen LogP contribution in [0.3, 0.4) is 0 Å². The molecule has 0 saturated carbocycles. The van der Waals surface area contributed by atoms with Crippen molar-refractivity contribution in [2.24, 2.45) is 0 Å². The molecule has 2 aliphatic heterocycles. The summed E-state index contributed by atoms with van der Waals surface area (Å²) in [6, 6.07) is 6.64. The number of alkyl halides is 3. The molecule has 2 aliphatic rings. The summed E-state index contributed by atoms with van der Waals surface area (Å²) in [5, 5.41) is 0. The predicted molar refractivity (Wildman–Crippen MR) is 97.2 cm³/mol. The maximum atomic E-state index is 12.6. The van der Waals surface area contributed by atoms with Gasteiger partial charge in [-0.15, -0.1) is 0 Å². The van der Waals surface area contributed by atoms with E-state index in [1.54, 1.807) is 12.1 Å². The van der Waals surface area contributed by atoms with Gasteiger partial charge in [0.2, 0.25) is 5.91 Å². The molecule has 2 atom stereocenters. The molecule has 28 heavy (non-hydrogen) atoms. The van der Waals surface area contributed by atoms with Crippen LogP contribution in [-0.4, -0.2) is 79.8 Å². The second-order valence-corrected chi connectivity index (χ2v) is 7.25. The predicted octanol–water partition coefficient (Wildman–Crippen LogP) is 2.15. The fourth-order valence-electron chi connectivity index (χ4n) is 4.00. The first-order valence-corrected chi connectivity index (χ1v) is 9.24. The van der Waals surface area contributed by atoms with Crippen LogP contribution in [-0.2, 0) is 9.53 Å². The van der Waals surface area contributed by atoms with Gasteiger partial charge in [-0.3, -0.25) is 9.69 Å². The minimum absolute atomic E-state index is 0.0221. The van der Waals surface area contributed by atoms with Gasteiger partial charge < -0.3 is 14.5 Å². The number of likely N-dealkylation sites (tertiary alicyclic amines) is 1. The molecule has 154 valence electrons. The van der Waals surface area contributed by atoms with Crippen LogP contribution in [0.5, 0.6) is 0 Å². The van der Waals surface area contributed by atoms with Crippen molar-refractivity contribution >= 4 is 17.6 Å². The third kappa shape index (κ3) is 4.40. The van der Waals surface area contributed by atoms with E-state index < -0.39 is 30.6 Å². The molecule has 0 spiro atoms. The van der Waals surface area contributed by atoms with Crippen LogP contribution in [0.2, 0.25) is 0 Å². The lowest BCUT2D eigenvalue weighted by Gasteiger charge is -2.43. The third-order valence-corrected chi connectivity index (χ3v) is 5.37. The fraction of sp³-hybridized carbons (Fsp3) is 0.579. The second kappa shape index (κ2) is 7.98. The van der Waals surface area contributed by atoms with Gasteiger partial charge in [-0.1, -0.05) is 0 Å². The van der Waals surface area contributed by atoms with Crippen molar-refractivity contribution in [1.29, 1.82) is 0 Å². The summed E-state index contributed by atoms with van der Waals surface area (Å²) in [6.45, 7) is 2.85. The van der Waals surface area contributed by atoms with Gasteiger partial charge in [0.15, 0.2) is 0 Å². The Morgan fingerprint density at radius 1 is 1.18 bits per heavy atom. The highest BCUT2D eigenvalue weighted by atomic mass is 19.4. The van der Waals surface area contributed by atoms with Crippen LogP contribution >= 0.6 is 0 Å². The molecule has 2 saturated heterocycles. The largest absolute Gasteiger partial charge is 0.465 e. The van der Waals surface area contributed by atoms with E-state index in [4.69, 9.17) is 4.74 Å². The summed E-state index contributed by atoms with van der Waals surface area (Å²) in [5.74, 6) is -0.826. The Hall–Kier alpha value is -2.29. The number of rotatable bonds is 4. The first-order valence-electron chi connectivity index (χ1n) is 9.24. The van der Waals surface area contributed by atoms with Crippen LogP contribution in [0.1, 0.15) is 23.7 Å². The smallest absolute Gasteiger partial charge is 0.406 e. The Morgan fingerprint density at radius 3 is 2.43 bits per heavy atom. The van der Waals surface area contributed by atoms with Crippen LogP contribution in [0.4, 0.5) is 18.9 Å². The lowest BCUT2D eigenvalue weighted by Crippen LogP contribution is -2.57. The molecule has 1 aromatic carbocycles. The lowest BCUT2D eigenvalue weighted by molar-refractivity contribution is -0.159. The number of ether oxygens (including phenoxy) is 1. The molecule has 2 heterocycles. The normalized spacial score (nSPS) is 24.0. The number of anilines is 1. The number of amides is 1. The molecule has 2 unspecified atom stereocenters. The molecule has 0 bridgehead atoms. The lowest BCUT2D eigenvalue weighted by atomic mass is 10.1. The van der Waals surface area contributed by atoms with Gasteiger partial charge >= 0.3 is 12.1 Å². The molecule has 6 nitrogen and oxygen atoms in total. The number of hydrogen-bond donors (Lipinski definition) is 0. The van der Waals surface area contributed by atoms with E-state index in [0.29, 0.717) is 31.6 Å². The van der Waals surface area contributed by atoms with Crippen molar-refractivity contribution in [3.63, 3.8) is 0 Å². The van der Waals surface area contributed by atoms with E-state index >= 15 is 0 Å². The zero-order chi connectivity index (χ0) is 20.5. The topological polar surface area (TPSA) is 53.1 Å². The minimum Gasteiger partial charge on any atom is -0.465 e. The molecule has 0 N–H and O–H groups in total. The van der Waals surface area contributed by atoms with Crippen molar-refractivity contribution in [1.82, 2.24) is 9.80 Å². The van der Waals surface area contributed by atoms with Crippen LogP contribution in [0.15, 0.2) is 24.3 Å². The van der Waals surface area contributed by atoms with Crippen LogP contribution < -0.4 is 4.90 Å². The maximum absolute atomic E-state index is 12.6. The molecular weight excluding hydrogens is 375 g/mol. The highest BCUT2D eigenvalue weighted by molar-refractivity contribution is 5.89. The standard InChI is InChI=1S/C19H24F3N3O3/c1-13-11-23(15-5-3-14(4-6-15)18(27)28-2)9-10-25(13)16-7-8-24(17(16)26)12-19(20,21)22/h3-6,13,16H,7-12H2,1-2H3. The minimum atomic E-state index is -4.37. The number of carbonyl (C=O) groups is 2. The average molecular weight is 399 g/mol. The third-order valence-electron chi connectivity index (χ3n) is 5.37. The van der Waals surface area contributed by atoms with Gasteiger partial charge in [-0.2, -0.15) is 13.2 Å². The number of nitrogens with zero attached hydrogens (tertiary/aromatic N) is 3. The number of carbonyl (C=O) groups excluding carboxylic acids is 2. The number of esters is 1. The summed E-state index contributed by atoms with van der Waals surface area (Å²) in [5.41, 5.74) is 1.43. The number of hydrogen-bond acceptors (Lipinski definition) is 5. The first-order chi connectivity index (χ1) is 13.2. The van der Waals surface area contributed by atoms with Crippen LogP contribution in [0.25, 0.3) is 0 Å². The summed E-state index contributed by atoms with van der Waals surface area (Å²) in [7, 11) is 1.33. The Kier molecular flexibility index (Phi) is 5.83.